The van der Waals surface area contributed by atoms with Crippen molar-refractivity contribution >= 4 is 17.5 Å². The van der Waals surface area contributed by atoms with E-state index in [4.69, 9.17) is 10.00 Å². The Morgan fingerprint density at radius 2 is 1.72 bits per heavy atom. The van der Waals surface area contributed by atoms with Gasteiger partial charge in [-0.1, -0.05) is 36.4 Å². The number of ether oxygens (including phenoxy) is 1. The van der Waals surface area contributed by atoms with Gasteiger partial charge in [-0.3, -0.25) is 9.59 Å². The van der Waals surface area contributed by atoms with Crippen LogP contribution in [0.4, 0.5) is 5.69 Å². The van der Waals surface area contributed by atoms with Crippen molar-refractivity contribution in [1.82, 2.24) is 5.32 Å². The molecule has 0 spiro atoms. The molecule has 0 atom stereocenters. The minimum atomic E-state index is -0.377. The van der Waals surface area contributed by atoms with E-state index in [9.17, 15) is 9.59 Å². The summed E-state index contributed by atoms with van der Waals surface area (Å²) in [5, 5.41) is 14.0. The molecule has 0 fully saturated rings. The highest BCUT2D eigenvalue weighted by molar-refractivity contribution is 5.92. The van der Waals surface area contributed by atoms with Crippen molar-refractivity contribution in [2.24, 2.45) is 0 Å². The molecule has 25 heavy (non-hydrogen) atoms. The van der Waals surface area contributed by atoms with Gasteiger partial charge in [0, 0.05) is 12.2 Å². The van der Waals surface area contributed by atoms with E-state index in [1.807, 2.05) is 42.5 Å². The highest BCUT2D eigenvalue weighted by atomic mass is 16.5. The minimum absolute atomic E-state index is 0.144. The second kappa shape index (κ2) is 9.73. The first-order chi connectivity index (χ1) is 12.2. The third-order valence-electron chi connectivity index (χ3n) is 3.35. The number of hydrogen-bond donors (Lipinski definition) is 2. The molecule has 0 aliphatic rings. The zero-order valence-corrected chi connectivity index (χ0v) is 13.7. The fourth-order valence-electron chi connectivity index (χ4n) is 2.12. The van der Waals surface area contributed by atoms with Crippen molar-refractivity contribution in [3.8, 4) is 11.8 Å². The summed E-state index contributed by atoms with van der Waals surface area (Å²) >= 11 is 0. The first kappa shape index (κ1) is 18.0. The number of carbonyl (C=O) groups excluding carboxylic acids is 2. The van der Waals surface area contributed by atoms with E-state index >= 15 is 0 Å². The second-order valence-electron chi connectivity index (χ2n) is 5.23. The van der Waals surface area contributed by atoms with Gasteiger partial charge in [0.1, 0.15) is 12.2 Å². The summed E-state index contributed by atoms with van der Waals surface area (Å²) in [6.45, 7) is 0.573. The molecule has 0 bridgehead atoms. The van der Waals surface area contributed by atoms with Crippen molar-refractivity contribution in [1.29, 1.82) is 5.26 Å². The third-order valence-corrected chi connectivity index (χ3v) is 3.35. The second-order valence-corrected chi connectivity index (χ2v) is 5.23. The number of anilines is 1. The molecular weight excluding hydrogens is 318 g/mol. The van der Waals surface area contributed by atoms with Gasteiger partial charge in [0.2, 0.25) is 11.8 Å². The summed E-state index contributed by atoms with van der Waals surface area (Å²) < 4.78 is 5.48. The van der Waals surface area contributed by atoms with Crippen LogP contribution in [0.15, 0.2) is 54.6 Å². The molecule has 0 unspecified atom stereocenters. The molecule has 0 aliphatic carbocycles. The Labute approximate surface area is 146 Å². The number of rotatable bonds is 8. The molecule has 6 heteroatoms. The lowest BCUT2D eigenvalue weighted by molar-refractivity contribution is -0.121. The number of para-hydroxylation sites is 2. The van der Waals surface area contributed by atoms with Crippen LogP contribution in [0.25, 0.3) is 0 Å². The highest BCUT2D eigenvalue weighted by Crippen LogP contribution is 2.15. The molecule has 0 radical (unpaired) electrons. The fourth-order valence-corrected chi connectivity index (χ4v) is 2.12. The van der Waals surface area contributed by atoms with Gasteiger partial charge in [-0.15, -0.1) is 0 Å². The van der Waals surface area contributed by atoms with Gasteiger partial charge in [0.25, 0.3) is 0 Å². The molecule has 2 aromatic rings. The SMILES string of the molecule is N#CCC(=O)Nc1ccccc1CNC(=O)CCOc1ccccc1. The standard InChI is InChI=1S/C19H19N3O3/c20-12-10-19(24)22-17-9-5-4-6-15(17)14-21-18(23)11-13-25-16-7-2-1-3-8-16/h1-9H,10-11,13-14H2,(H,21,23)(H,22,24). The monoisotopic (exact) mass is 337 g/mol. The van der Waals surface area contributed by atoms with E-state index in [2.05, 4.69) is 10.6 Å². The number of carbonyl (C=O) groups is 2. The van der Waals surface area contributed by atoms with E-state index in [1.165, 1.54) is 0 Å². The van der Waals surface area contributed by atoms with Crippen LogP contribution < -0.4 is 15.4 Å². The maximum Gasteiger partial charge on any atom is 0.238 e. The third kappa shape index (κ3) is 6.36. The molecular formula is C19H19N3O3. The maximum absolute atomic E-state index is 11.9. The molecule has 0 heterocycles. The molecule has 2 aromatic carbocycles. The quantitative estimate of drug-likeness (QED) is 0.774. The molecule has 2 rings (SSSR count). The van der Waals surface area contributed by atoms with E-state index in [0.717, 1.165) is 11.3 Å². The van der Waals surface area contributed by atoms with Crippen molar-refractivity contribution in [2.75, 3.05) is 11.9 Å². The molecule has 0 saturated heterocycles. The van der Waals surface area contributed by atoms with Crippen LogP contribution >= 0.6 is 0 Å². The molecule has 0 aliphatic heterocycles. The minimum Gasteiger partial charge on any atom is -0.493 e. The van der Waals surface area contributed by atoms with E-state index in [0.29, 0.717) is 5.69 Å². The zero-order chi connectivity index (χ0) is 17.9. The number of hydrogen-bond acceptors (Lipinski definition) is 4. The van der Waals surface area contributed by atoms with Crippen LogP contribution in [0.2, 0.25) is 0 Å². The maximum atomic E-state index is 11.9. The Balaban J connectivity index is 1.79. The van der Waals surface area contributed by atoms with Crippen LogP contribution in [0.3, 0.4) is 0 Å². The smallest absolute Gasteiger partial charge is 0.238 e. The van der Waals surface area contributed by atoms with E-state index < -0.39 is 0 Å². The van der Waals surface area contributed by atoms with Gasteiger partial charge in [0.15, 0.2) is 0 Å². The fraction of sp³-hybridized carbons (Fsp3) is 0.211. The summed E-state index contributed by atoms with van der Waals surface area (Å²) in [7, 11) is 0. The first-order valence-electron chi connectivity index (χ1n) is 7.88. The predicted octanol–water partition coefficient (Wildman–Crippen LogP) is 2.62. The lowest BCUT2D eigenvalue weighted by Crippen LogP contribution is -2.25. The van der Waals surface area contributed by atoms with Gasteiger partial charge in [-0.25, -0.2) is 0 Å². The average Bonchev–Trinajstić information content (AvgIpc) is 2.62. The van der Waals surface area contributed by atoms with Gasteiger partial charge < -0.3 is 15.4 Å². The van der Waals surface area contributed by atoms with Gasteiger partial charge in [-0.05, 0) is 23.8 Å². The zero-order valence-electron chi connectivity index (χ0n) is 13.7. The molecule has 128 valence electrons. The van der Waals surface area contributed by atoms with Crippen molar-refractivity contribution < 1.29 is 14.3 Å². The molecule has 0 saturated carbocycles. The number of nitriles is 1. The Kier molecular flexibility index (Phi) is 7.01. The van der Waals surface area contributed by atoms with Gasteiger partial charge in [-0.2, -0.15) is 5.26 Å². The van der Waals surface area contributed by atoms with Crippen LogP contribution in [0, 0.1) is 11.3 Å². The topological polar surface area (TPSA) is 91.2 Å². The van der Waals surface area contributed by atoms with Crippen molar-refractivity contribution in [2.45, 2.75) is 19.4 Å². The Morgan fingerprint density at radius 3 is 2.48 bits per heavy atom. The van der Waals surface area contributed by atoms with Crippen molar-refractivity contribution in [3.63, 3.8) is 0 Å². The highest BCUT2D eigenvalue weighted by Gasteiger charge is 2.08. The Morgan fingerprint density at radius 1 is 1.00 bits per heavy atom. The van der Waals surface area contributed by atoms with Crippen LogP contribution in [0.1, 0.15) is 18.4 Å². The molecule has 6 nitrogen and oxygen atoms in total. The average molecular weight is 337 g/mol. The van der Waals surface area contributed by atoms with Gasteiger partial charge in [0.05, 0.1) is 19.1 Å². The van der Waals surface area contributed by atoms with E-state index in [1.54, 1.807) is 18.2 Å². The number of benzene rings is 2. The first-order valence-corrected chi connectivity index (χ1v) is 7.88. The van der Waals surface area contributed by atoms with Crippen molar-refractivity contribution in [3.05, 3.63) is 60.2 Å². The largest absolute Gasteiger partial charge is 0.493 e. The summed E-state index contributed by atoms with van der Waals surface area (Å²) in [6.07, 6.45) is 0.0232. The molecule has 2 N–H and O–H groups in total. The summed E-state index contributed by atoms with van der Waals surface area (Å²) in [5.74, 6) is 0.201. The summed E-state index contributed by atoms with van der Waals surface area (Å²) in [5.41, 5.74) is 1.36. The predicted molar refractivity (Wildman–Crippen MR) is 93.7 cm³/mol. The van der Waals surface area contributed by atoms with Gasteiger partial charge >= 0.3 is 0 Å². The molecule has 0 aromatic heterocycles. The van der Waals surface area contributed by atoms with Crippen LogP contribution in [-0.4, -0.2) is 18.4 Å². The lowest BCUT2D eigenvalue weighted by Gasteiger charge is -2.11. The number of nitrogens with one attached hydrogen (secondary N) is 2. The van der Waals surface area contributed by atoms with Crippen LogP contribution in [0.5, 0.6) is 5.75 Å². The molecule has 2 amide bonds. The van der Waals surface area contributed by atoms with Crippen LogP contribution in [-0.2, 0) is 16.1 Å². The number of amides is 2. The summed E-state index contributed by atoms with van der Waals surface area (Å²) in [6, 6.07) is 18.2. The Bertz CT molecular complexity index is 754. The normalized spacial score (nSPS) is 9.72. The summed E-state index contributed by atoms with van der Waals surface area (Å²) in [4.78, 5) is 23.5. The number of nitrogens with zero attached hydrogens (tertiary/aromatic N) is 1. The van der Waals surface area contributed by atoms with E-state index in [-0.39, 0.29) is 37.8 Å². The Hall–Kier alpha value is -3.33. The lowest BCUT2D eigenvalue weighted by atomic mass is 10.1.